The van der Waals surface area contributed by atoms with Crippen LogP contribution in [0.3, 0.4) is 0 Å². The van der Waals surface area contributed by atoms with Crippen LogP contribution in [0, 0.1) is 6.92 Å². The normalized spacial score (nSPS) is 10.3. The van der Waals surface area contributed by atoms with Crippen molar-refractivity contribution in [1.29, 1.82) is 0 Å². The van der Waals surface area contributed by atoms with E-state index < -0.39 is 0 Å². The van der Waals surface area contributed by atoms with Crippen molar-refractivity contribution in [1.82, 2.24) is 9.97 Å². The summed E-state index contributed by atoms with van der Waals surface area (Å²) in [5.74, 6) is 1.88. The number of hydrogen-bond donors (Lipinski definition) is 1. The van der Waals surface area contributed by atoms with Gasteiger partial charge in [0.15, 0.2) is 0 Å². The van der Waals surface area contributed by atoms with Crippen molar-refractivity contribution < 1.29 is 0 Å². The van der Waals surface area contributed by atoms with Crippen LogP contribution >= 0.6 is 11.8 Å². The molecule has 0 fully saturated rings. The van der Waals surface area contributed by atoms with E-state index in [1.807, 2.05) is 24.8 Å². The number of aromatic nitrogens is 2. The first-order chi connectivity index (χ1) is 7.26. The van der Waals surface area contributed by atoms with E-state index in [9.17, 15) is 0 Å². The lowest BCUT2D eigenvalue weighted by Crippen LogP contribution is -2.03. The quantitative estimate of drug-likeness (QED) is 0.458. The molecule has 1 heterocycles. The van der Waals surface area contributed by atoms with Gasteiger partial charge in [0.05, 0.1) is 0 Å². The molecule has 0 saturated heterocycles. The number of rotatable bonds is 6. The molecule has 0 bridgehead atoms. The average Bonchev–Trinajstić information content (AvgIpc) is 2.18. The zero-order chi connectivity index (χ0) is 11.1. The van der Waals surface area contributed by atoms with Crippen LogP contribution in [0.5, 0.6) is 0 Å². The van der Waals surface area contributed by atoms with Crippen LogP contribution in [0.2, 0.25) is 0 Å². The predicted molar refractivity (Wildman–Crippen MR) is 66.6 cm³/mol. The number of nitrogens with zero attached hydrogens (tertiary/aromatic N) is 2. The molecule has 1 rings (SSSR count). The van der Waals surface area contributed by atoms with Gasteiger partial charge in [-0.15, -0.1) is 11.8 Å². The molecule has 1 N–H and O–H groups in total. The molecule has 4 heteroatoms. The summed E-state index contributed by atoms with van der Waals surface area (Å²) < 4.78 is 0. The lowest BCUT2D eigenvalue weighted by Gasteiger charge is -2.05. The molecule has 0 atom stereocenters. The van der Waals surface area contributed by atoms with Crippen LogP contribution in [-0.2, 0) is 0 Å². The summed E-state index contributed by atoms with van der Waals surface area (Å²) in [5, 5.41) is 4.22. The minimum absolute atomic E-state index is 0.747. The van der Waals surface area contributed by atoms with Gasteiger partial charge in [0, 0.05) is 12.2 Å². The summed E-state index contributed by atoms with van der Waals surface area (Å²) in [6.07, 6.45) is 2.47. The molecule has 0 aliphatic rings. The van der Waals surface area contributed by atoms with Gasteiger partial charge in [-0.2, -0.15) is 0 Å². The average molecular weight is 225 g/mol. The Balaban J connectivity index is 2.62. The summed E-state index contributed by atoms with van der Waals surface area (Å²) in [6.45, 7) is 7.13. The van der Waals surface area contributed by atoms with Crippen molar-refractivity contribution in [2.24, 2.45) is 0 Å². The second kappa shape index (κ2) is 6.67. The number of thioether (sulfide) groups is 1. The number of nitrogens with one attached hydrogen (secondary N) is 1. The summed E-state index contributed by atoms with van der Waals surface area (Å²) in [6, 6.07) is 2.04. The van der Waals surface area contributed by atoms with E-state index in [1.54, 1.807) is 0 Å². The molecule has 0 aromatic carbocycles. The Bertz CT molecular complexity index is 302. The van der Waals surface area contributed by atoms with Crippen LogP contribution in [0.15, 0.2) is 11.1 Å². The molecular formula is C11H19N3S. The fraction of sp³-hybridized carbons (Fsp3) is 0.636. The summed E-state index contributed by atoms with van der Waals surface area (Å²) >= 11 is 1.81. The molecule has 0 aliphatic carbocycles. The van der Waals surface area contributed by atoms with Gasteiger partial charge in [0.1, 0.15) is 5.03 Å². The molecular weight excluding hydrogens is 206 g/mol. The van der Waals surface area contributed by atoms with Gasteiger partial charge >= 0.3 is 0 Å². The van der Waals surface area contributed by atoms with Gasteiger partial charge in [0.2, 0.25) is 5.95 Å². The van der Waals surface area contributed by atoms with E-state index in [0.717, 1.165) is 29.0 Å². The molecule has 0 unspecified atom stereocenters. The van der Waals surface area contributed by atoms with E-state index in [4.69, 9.17) is 0 Å². The van der Waals surface area contributed by atoms with Gasteiger partial charge < -0.3 is 5.32 Å². The van der Waals surface area contributed by atoms with Crippen molar-refractivity contribution >= 4 is 17.7 Å². The van der Waals surface area contributed by atoms with Gasteiger partial charge in [0.25, 0.3) is 0 Å². The Hall–Kier alpha value is -0.770. The maximum atomic E-state index is 4.44. The van der Waals surface area contributed by atoms with E-state index in [0.29, 0.717) is 0 Å². The first-order valence-corrected chi connectivity index (χ1v) is 6.47. The highest BCUT2D eigenvalue weighted by atomic mass is 32.2. The first kappa shape index (κ1) is 12.3. The maximum Gasteiger partial charge on any atom is 0.223 e. The Labute approximate surface area is 96.1 Å². The Morgan fingerprint density at radius 1 is 1.33 bits per heavy atom. The third-order valence-electron chi connectivity index (χ3n) is 1.91. The Morgan fingerprint density at radius 3 is 2.80 bits per heavy atom. The van der Waals surface area contributed by atoms with Crippen LogP contribution in [0.4, 0.5) is 5.95 Å². The van der Waals surface area contributed by atoms with Gasteiger partial charge in [-0.1, -0.05) is 13.3 Å². The topological polar surface area (TPSA) is 37.8 Å². The maximum absolute atomic E-state index is 4.44. The van der Waals surface area contributed by atoms with Gasteiger partial charge in [-0.3, -0.25) is 0 Å². The molecule has 15 heavy (non-hydrogen) atoms. The van der Waals surface area contributed by atoms with E-state index in [-0.39, 0.29) is 0 Å². The van der Waals surface area contributed by atoms with Crippen LogP contribution in [0.25, 0.3) is 0 Å². The van der Waals surface area contributed by atoms with Crippen molar-refractivity contribution in [2.75, 3.05) is 17.6 Å². The fourth-order valence-corrected chi connectivity index (χ4v) is 2.22. The van der Waals surface area contributed by atoms with Crippen LogP contribution < -0.4 is 5.32 Å². The zero-order valence-corrected chi connectivity index (χ0v) is 10.5. The third-order valence-corrected chi connectivity index (χ3v) is 2.91. The highest BCUT2D eigenvalue weighted by molar-refractivity contribution is 7.99. The van der Waals surface area contributed by atoms with Crippen LogP contribution in [-0.4, -0.2) is 22.3 Å². The number of aryl methyl sites for hydroxylation is 1. The summed E-state index contributed by atoms with van der Waals surface area (Å²) in [4.78, 5) is 8.75. The third kappa shape index (κ3) is 4.51. The van der Waals surface area contributed by atoms with Crippen molar-refractivity contribution in [3.63, 3.8) is 0 Å². The van der Waals surface area contributed by atoms with Gasteiger partial charge in [-0.05, 0) is 32.1 Å². The Morgan fingerprint density at radius 2 is 2.13 bits per heavy atom. The minimum Gasteiger partial charge on any atom is -0.354 e. The van der Waals surface area contributed by atoms with E-state index in [1.165, 1.54) is 12.8 Å². The van der Waals surface area contributed by atoms with E-state index in [2.05, 4.69) is 29.1 Å². The lowest BCUT2D eigenvalue weighted by molar-refractivity contribution is 0.893. The highest BCUT2D eigenvalue weighted by Crippen LogP contribution is 2.18. The van der Waals surface area contributed by atoms with Gasteiger partial charge in [-0.25, -0.2) is 9.97 Å². The molecule has 0 saturated carbocycles. The predicted octanol–water partition coefficient (Wildman–Crippen LogP) is 3.11. The number of hydrogen-bond acceptors (Lipinski definition) is 4. The summed E-state index contributed by atoms with van der Waals surface area (Å²) in [7, 11) is 0. The molecule has 0 amide bonds. The fourth-order valence-electron chi connectivity index (χ4n) is 1.17. The number of unbranched alkanes of at least 4 members (excludes halogenated alkanes) is 1. The lowest BCUT2D eigenvalue weighted by atomic mass is 10.4. The second-order valence-electron chi connectivity index (χ2n) is 3.40. The molecule has 3 nitrogen and oxygen atoms in total. The molecule has 0 aliphatic heterocycles. The largest absolute Gasteiger partial charge is 0.354 e. The highest BCUT2D eigenvalue weighted by Gasteiger charge is 2.01. The Kier molecular flexibility index (Phi) is 5.47. The molecule has 0 radical (unpaired) electrons. The zero-order valence-electron chi connectivity index (χ0n) is 9.71. The van der Waals surface area contributed by atoms with Crippen LogP contribution in [0.1, 0.15) is 32.4 Å². The molecule has 84 valence electrons. The molecule has 1 aromatic rings. The van der Waals surface area contributed by atoms with Crippen molar-refractivity contribution in [2.45, 2.75) is 38.6 Å². The smallest absolute Gasteiger partial charge is 0.223 e. The minimum atomic E-state index is 0.747. The molecule has 1 aromatic heterocycles. The standard InChI is InChI=1S/C11H19N3S/c1-4-6-7-15-10-8-9(3)13-11(14-10)12-5-2/h8H,4-7H2,1-3H3,(H,12,13,14). The SMILES string of the molecule is CCCCSc1cc(C)nc(NCC)n1. The molecule has 0 spiro atoms. The monoisotopic (exact) mass is 225 g/mol. The summed E-state index contributed by atoms with van der Waals surface area (Å²) in [5.41, 5.74) is 1.03. The van der Waals surface area contributed by atoms with Crippen molar-refractivity contribution in [3.05, 3.63) is 11.8 Å². The van der Waals surface area contributed by atoms with Crippen molar-refractivity contribution in [3.8, 4) is 0 Å². The number of anilines is 1. The van der Waals surface area contributed by atoms with E-state index >= 15 is 0 Å². The second-order valence-corrected chi connectivity index (χ2v) is 4.52. The first-order valence-electron chi connectivity index (χ1n) is 5.48.